The summed E-state index contributed by atoms with van der Waals surface area (Å²) in [7, 11) is 0. The van der Waals surface area contributed by atoms with E-state index in [0.29, 0.717) is 0 Å². The fourth-order valence-electron chi connectivity index (χ4n) is 1.08. The monoisotopic (exact) mass is 278 g/mol. The first-order valence-electron chi connectivity index (χ1n) is 5.66. The first-order valence-corrected chi connectivity index (χ1v) is 5.66. The lowest BCUT2D eigenvalue weighted by molar-refractivity contribution is 0.107. The van der Waals surface area contributed by atoms with Crippen LogP contribution in [0.15, 0.2) is 49.6 Å². The van der Waals surface area contributed by atoms with Crippen LogP contribution in [-0.4, -0.2) is 25.5 Å². The van der Waals surface area contributed by atoms with Crippen LogP contribution in [0.2, 0.25) is 0 Å². The lowest BCUT2D eigenvalue weighted by Crippen LogP contribution is -2.11. The molecule has 0 aliphatic carbocycles. The largest absolute Gasteiger partial charge is 0.514 e. The molecular formula is C14H14O6. The van der Waals surface area contributed by atoms with Crippen molar-refractivity contribution in [1.29, 1.82) is 0 Å². The molecule has 20 heavy (non-hydrogen) atoms. The summed E-state index contributed by atoms with van der Waals surface area (Å²) in [5, 5.41) is 0. The standard InChI is InChI=1S/C14H14O6/c1-3-9-17-13(15)19-11-5-7-12(8-6-11)20-14(16)18-10-4-2/h3-8H,1-2,9-10H2. The molecule has 0 radical (unpaired) electrons. The van der Waals surface area contributed by atoms with Crippen molar-refractivity contribution in [2.24, 2.45) is 0 Å². The number of hydrogen-bond acceptors (Lipinski definition) is 6. The molecule has 0 heterocycles. The summed E-state index contributed by atoms with van der Waals surface area (Å²) in [5.41, 5.74) is 0. The third kappa shape index (κ3) is 5.72. The fraction of sp³-hybridized carbons (Fsp3) is 0.143. The highest BCUT2D eigenvalue weighted by Gasteiger charge is 2.07. The molecule has 0 aromatic heterocycles. The van der Waals surface area contributed by atoms with Crippen LogP contribution >= 0.6 is 0 Å². The first-order chi connectivity index (χ1) is 9.65. The van der Waals surface area contributed by atoms with Gasteiger partial charge in [0.05, 0.1) is 0 Å². The average molecular weight is 278 g/mol. The minimum atomic E-state index is -0.844. The van der Waals surface area contributed by atoms with E-state index in [1.54, 1.807) is 0 Å². The van der Waals surface area contributed by atoms with Crippen LogP contribution in [0.3, 0.4) is 0 Å². The van der Waals surface area contributed by atoms with E-state index in [-0.39, 0.29) is 24.7 Å². The van der Waals surface area contributed by atoms with Crippen molar-refractivity contribution in [2.75, 3.05) is 13.2 Å². The van der Waals surface area contributed by atoms with Crippen molar-refractivity contribution in [3.8, 4) is 11.5 Å². The van der Waals surface area contributed by atoms with E-state index >= 15 is 0 Å². The normalized spacial score (nSPS) is 9.20. The van der Waals surface area contributed by atoms with Crippen LogP contribution in [0.25, 0.3) is 0 Å². The Bertz CT molecular complexity index is 432. The summed E-state index contributed by atoms with van der Waals surface area (Å²) in [6.07, 6.45) is 1.16. The molecule has 0 atom stereocenters. The van der Waals surface area contributed by atoms with E-state index in [1.165, 1.54) is 36.4 Å². The van der Waals surface area contributed by atoms with Gasteiger partial charge in [-0.15, -0.1) is 0 Å². The second kappa shape index (κ2) is 8.36. The Hall–Kier alpha value is -2.76. The quantitative estimate of drug-likeness (QED) is 0.452. The van der Waals surface area contributed by atoms with E-state index in [4.69, 9.17) is 9.47 Å². The van der Waals surface area contributed by atoms with E-state index < -0.39 is 12.3 Å². The highest BCUT2D eigenvalue weighted by molar-refractivity contribution is 5.65. The summed E-state index contributed by atoms with van der Waals surface area (Å²) in [4.78, 5) is 22.3. The number of ether oxygens (including phenoxy) is 4. The Balaban J connectivity index is 2.47. The zero-order valence-corrected chi connectivity index (χ0v) is 10.7. The topological polar surface area (TPSA) is 71.1 Å². The Morgan fingerprint density at radius 2 is 1.20 bits per heavy atom. The highest BCUT2D eigenvalue weighted by atomic mass is 16.7. The number of carbonyl (C=O) groups is 2. The first kappa shape index (κ1) is 15.3. The van der Waals surface area contributed by atoms with Gasteiger partial charge in [0, 0.05) is 0 Å². The lowest BCUT2D eigenvalue weighted by Gasteiger charge is -2.06. The predicted octanol–water partition coefficient (Wildman–Crippen LogP) is 3.09. The molecule has 0 fully saturated rings. The molecule has 0 unspecified atom stereocenters. The van der Waals surface area contributed by atoms with Crippen molar-refractivity contribution in [1.82, 2.24) is 0 Å². The molecule has 6 nitrogen and oxygen atoms in total. The van der Waals surface area contributed by atoms with Crippen LogP contribution in [-0.2, 0) is 9.47 Å². The van der Waals surface area contributed by atoms with Gasteiger partial charge in [-0.3, -0.25) is 0 Å². The molecule has 0 aliphatic heterocycles. The molecule has 6 heteroatoms. The third-order valence-corrected chi connectivity index (χ3v) is 1.86. The van der Waals surface area contributed by atoms with Crippen molar-refractivity contribution >= 4 is 12.3 Å². The molecule has 0 saturated carbocycles. The van der Waals surface area contributed by atoms with Crippen molar-refractivity contribution in [2.45, 2.75) is 0 Å². The highest BCUT2D eigenvalue weighted by Crippen LogP contribution is 2.18. The Labute approximate surface area is 116 Å². The fourth-order valence-corrected chi connectivity index (χ4v) is 1.08. The Morgan fingerprint density at radius 1 is 0.850 bits per heavy atom. The van der Waals surface area contributed by atoms with Crippen LogP contribution in [0, 0.1) is 0 Å². The molecule has 0 amide bonds. The molecule has 0 aliphatic rings. The number of rotatable bonds is 6. The molecule has 106 valence electrons. The van der Waals surface area contributed by atoms with Gasteiger partial charge in [-0.25, -0.2) is 9.59 Å². The summed E-state index contributed by atoms with van der Waals surface area (Å²) < 4.78 is 19.0. The molecule has 0 saturated heterocycles. The molecule has 1 aromatic rings. The number of carbonyl (C=O) groups excluding carboxylic acids is 2. The molecule has 1 aromatic carbocycles. The molecular weight excluding hydrogens is 264 g/mol. The zero-order chi connectivity index (χ0) is 14.8. The predicted molar refractivity (Wildman–Crippen MR) is 70.8 cm³/mol. The van der Waals surface area contributed by atoms with Gasteiger partial charge >= 0.3 is 12.3 Å². The lowest BCUT2D eigenvalue weighted by atomic mass is 10.3. The minimum Gasteiger partial charge on any atom is -0.430 e. The average Bonchev–Trinajstić information content (AvgIpc) is 2.45. The maximum atomic E-state index is 11.1. The summed E-state index contributed by atoms with van der Waals surface area (Å²) in [6, 6.07) is 5.80. The minimum absolute atomic E-state index is 0.0647. The van der Waals surface area contributed by atoms with Gasteiger partial charge in [0.25, 0.3) is 0 Å². The summed E-state index contributed by atoms with van der Waals surface area (Å²) in [6.45, 7) is 6.93. The van der Waals surface area contributed by atoms with Gasteiger partial charge in [-0.1, -0.05) is 25.3 Å². The maximum absolute atomic E-state index is 11.1. The van der Waals surface area contributed by atoms with Crippen LogP contribution in [0.4, 0.5) is 9.59 Å². The van der Waals surface area contributed by atoms with Crippen molar-refractivity contribution < 1.29 is 28.5 Å². The second-order valence-electron chi connectivity index (χ2n) is 3.37. The van der Waals surface area contributed by atoms with Crippen LogP contribution < -0.4 is 9.47 Å². The van der Waals surface area contributed by atoms with E-state index in [1.807, 2.05) is 0 Å². The van der Waals surface area contributed by atoms with Crippen molar-refractivity contribution in [3.05, 3.63) is 49.6 Å². The Kier molecular flexibility index (Phi) is 6.40. The van der Waals surface area contributed by atoms with E-state index in [0.717, 1.165) is 0 Å². The van der Waals surface area contributed by atoms with Crippen LogP contribution in [0.1, 0.15) is 0 Å². The van der Waals surface area contributed by atoms with Crippen LogP contribution in [0.5, 0.6) is 11.5 Å². The molecule has 1 rings (SSSR count). The number of benzene rings is 1. The second-order valence-corrected chi connectivity index (χ2v) is 3.37. The van der Waals surface area contributed by atoms with E-state index in [9.17, 15) is 9.59 Å². The maximum Gasteiger partial charge on any atom is 0.514 e. The van der Waals surface area contributed by atoms with Gasteiger partial charge in [-0.2, -0.15) is 0 Å². The molecule has 0 spiro atoms. The van der Waals surface area contributed by atoms with E-state index in [2.05, 4.69) is 22.6 Å². The van der Waals surface area contributed by atoms with Gasteiger partial charge in [0.1, 0.15) is 24.7 Å². The smallest absolute Gasteiger partial charge is 0.430 e. The SMILES string of the molecule is C=CCOC(=O)Oc1ccc(OC(=O)OCC=C)cc1. The number of hydrogen-bond donors (Lipinski definition) is 0. The van der Waals surface area contributed by atoms with Gasteiger partial charge < -0.3 is 18.9 Å². The van der Waals surface area contributed by atoms with Gasteiger partial charge in [-0.05, 0) is 24.3 Å². The zero-order valence-electron chi connectivity index (χ0n) is 10.7. The third-order valence-electron chi connectivity index (χ3n) is 1.86. The van der Waals surface area contributed by atoms with Gasteiger partial charge in [0.15, 0.2) is 0 Å². The molecule has 0 N–H and O–H groups in total. The Morgan fingerprint density at radius 3 is 1.50 bits per heavy atom. The summed E-state index contributed by atoms with van der Waals surface area (Å²) >= 11 is 0. The van der Waals surface area contributed by atoms with Crippen molar-refractivity contribution in [3.63, 3.8) is 0 Å². The molecule has 0 bridgehead atoms. The van der Waals surface area contributed by atoms with Gasteiger partial charge in [0.2, 0.25) is 0 Å². The summed E-state index contributed by atoms with van der Waals surface area (Å²) in [5.74, 6) is 0.511.